The molecule has 0 aliphatic carbocycles. The van der Waals surface area contributed by atoms with E-state index in [0.717, 1.165) is 6.42 Å². The molecule has 2 atom stereocenters. The third-order valence-corrected chi connectivity index (χ3v) is 2.46. The second kappa shape index (κ2) is 7.22. The smallest absolute Gasteiger partial charge is 0.239 e. The molecule has 2 amide bonds. The first-order valence-corrected chi connectivity index (χ1v) is 5.71. The Morgan fingerprint density at radius 3 is 2.25 bits per heavy atom. The van der Waals surface area contributed by atoms with Gasteiger partial charge in [-0.25, -0.2) is 0 Å². The Labute approximate surface area is 97.2 Å². The molecule has 0 bridgehead atoms. The summed E-state index contributed by atoms with van der Waals surface area (Å²) >= 11 is 0. The lowest BCUT2D eigenvalue weighted by Gasteiger charge is -2.16. The Morgan fingerprint density at radius 1 is 1.25 bits per heavy atom. The zero-order valence-corrected chi connectivity index (χ0v) is 10.5. The molecule has 0 aliphatic heterocycles. The zero-order valence-electron chi connectivity index (χ0n) is 10.5. The maximum absolute atomic E-state index is 11.4. The van der Waals surface area contributed by atoms with Gasteiger partial charge in [0.25, 0.3) is 0 Å². The fourth-order valence-electron chi connectivity index (χ4n) is 1.02. The van der Waals surface area contributed by atoms with E-state index in [1.807, 2.05) is 27.7 Å². The van der Waals surface area contributed by atoms with Crippen LogP contribution >= 0.6 is 0 Å². The fourth-order valence-corrected chi connectivity index (χ4v) is 1.02. The van der Waals surface area contributed by atoms with Crippen LogP contribution in [0.3, 0.4) is 0 Å². The summed E-state index contributed by atoms with van der Waals surface area (Å²) < 4.78 is 0. The molecule has 0 rings (SSSR count). The van der Waals surface area contributed by atoms with Crippen LogP contribution in [0.2, 0.25) is 0 Å². The highest BCUT2D eigenvalue weighted by Gasteiger charge is 2.17. The van der Waals surface area contributed by atoms with Gasteiger partial charge in [-0.15, -0.1) is 0 Å². The maximum atomic E-state index is 11.4. The third kappa shape index (κ3) is 5.70. The van der Waals surface area contributed by atoms with Crippen molar-refractivity contribution in [2.75, 3.05) is 6.54 Å². The molecular weight excluding hydrogens is 206 g/mol. The number of rotatable bonds is 6. The largest absolute Gasteiger partial charge is 0.352 e. The van der Waals surface area contributed by atoms with Gasteiger partial charge >= 0.3 is 0 Å². The highest BCUT2D eigenvalue weighted by Crippen LogP contribution is 1.97. The van der Waals surface area contributed by atoms with Crippen LogP contribution in [-0.2, 0) is 9.59 Å². The van der Waals surface area contributed by atoms with E-state index in [1.165, 1.54) is 0 Å². The van der Waals surface area contributed by atoms with Gasteiger partial charge in [-0.05, 0) is 19.3 Å². The SMILES string of the molecule is CCC(C)NC(=O)CNC(=O)[C@@H](N)C(C)C. The van der Waals surface area contributed by atoms with Gasteiger partial charge in [0.15, 0.2) is 0 Å². The van der Waals surface area contributed by atoms with Gasteiger partial charge in [-0.3, -0.25) is 9.59 Å². The van der Waals surface area contributed by atoms with Crippen molar-refractivity contribution < 1.29 is 9.59 Å². The Hall–Kier alpha value is -1.10. The number of carbonyl (C=O) groups is 2. The molecule has 5 heteroatoms. The standard InChI is InChI=1S/C11H23N3O2/c1-5-8(4)14-9(15)6-13-11(16)10(12)7(2)3/h7-8,10H,5-6,12H2,1-4H3,(H,13,16)(H,14,15)/t8?,10-/m0/s1. The highest BCUT2D eigenvalue weighted by molar-refractivity contribution is 5.87. The lowest BCUT2D eigenvalue weighted by Crippen LogP contribution is -2.48. The monoisotopic (exact) mass is 229 g/mol. The molecule has 0 saturated heterocycles. The summed E-state index contributed by atoms with van der Waals surface area (Å²) in [6, 6.07) is -0.431. The van der Waals surface area contributed by atoms with E-state index in [4.69, 9.17) is 5.73 Å². The first-order valence-electron chi connectivity index (χ1n) is 5.71. The first kappa shape index (κ1) is 14.9. The van der Waals surface area contributed by atoms with Gasteiger partial charge in [0.2, 0.25) is 11.8 Å². The third-order valence-electron chi connectivity index (χ3n) is 2.46. The van der Waals surface area contributed by atoms with Crippen molar-refractivity contribution in [3.05, 3.63) is 0 Å². The van der Waals surface area contributed by atoms with Gasteiger partial charge in [0.05, 0.1) is 12.6 Å². The van der Waals surface area contributed by atoms with Gasteiger partial charge < -0.3 is 16.4 Å². The van der Waals surface area contributed by atoms with Gasteiger partial charge in [0.1, 0.15) is 0 Å². The summed E-state index contributed by atoms with van der Waals surface area (Å²) in [7, 11) is 0. The molecule has 0 fully saturated rings. The summed E-state index contributed by atoms with van der Waals surface area (Å²) in [5.41, 5.74) is 5.63. The average molecular weight is 229 g/mol. The molecule has 0 spiro atoms. The topological polar surface area (TPSA) is 84.2 Å². The first-order chi connectivity index (χ1) is 7.38. The molecule has 0 radical (unpaired) electrons. The normalized spacial score (nSPS) is 14.4. The molecule has 1 unspecified atom stereocenters. The number of hydrogen-bond donors (Lipinski definition) is 3. The summed E-state index contributed by atoms with van der Waals surface area (Å²) in [6.45, 7) is 7.62. The Balaban J connectivity index is 3.88. The minimum absolute atomic E-state index is 0.0103. The quantitative estimate of drug-likeness (QED) is 0.599. The predicted octanol–water partition coefficient (Wildman–Crippen LogP) is 0.000600. The summed E-state index contributed by atoms with van der Waals surface area (Å²) in [5, 5.41) is 5.28. The average Bonchev–Trinajstić information content (AvgIpc) is 2.24. The Morgan fingerprint density at radius 2 is 1.81 bits per heavy atom. The molecule has 0 aliphatic rings. The molecule has 0 aromatic carbocycles. The molecule has 0 aromatic heterocycles. The molecular formula is C11H23N3O2. The van der Waals surface area contributed by atoms with Crippen LogP contribution in [0.1, 0.15) is 34.1 Å². The molecule has 0 heterocycles. The zero-order chi connectivity index (χ0) is 12.7. The van der Waals surface area contributed by atoms with E-state index in [-0.39, 0.29) is 30.3 Å². The number of nitrogens with one attached hydrogen (secondary N) is 2. The molecule has 0 saturated carbocycles. The lowest BCUT2D eigenvalue weighted by atomic mass is 10.1. The van der Waals surface area contributed by atoms with E-state index in [2.05, 4.69) is 10.6 Å². The van der Waals surface area contributed by atoms with Crippen molar-refractivity contribution in [2.45, 2.75) is 46.2 Å². The van der Waals surface area contributed by atoms with Crippen LogP contribution in [0, 0.1) is 5.92 Å². The maximum Gasteiger partial charge on any atom is 0.239 e. The Kier molecular flexibility index (Phi) is 6.72. The number of carbonyl (C=O) groups excluding carboxylic acids is 2. The molecule has 94 valence electrons. The van der Waals surface area contributed by atoms with Crippen molar-refractivity contribution >= 4 is 11.8 Å². The van der Waals surface area contributed by atoms with Gasteiger partial charge in [-0.2, -0.15) is 0 Å². The van der Waals surface area contributed by atoms with Crippen LogP contribution in [0.15, 0.2) is 0 Å². The molecule has 0 aromatic rings. The van der Waals surface area contributed by atoms with E-state index in [9.17, 15) is 9.59 Å². The second-order valence-corrected chi connectivity index (χ2v) is 4.36. The minimum Gasteiger partial charge on any atom is -0.352 e. The van der Waals surface area contributed by atoms with Crippen LogP contribution in [-0.4, -0.2) is 30.4 Å². The summed E-state index contributed by atoms with van der Waals surface area (Å²) in [6.07, 6.45) is 0.866. The van der Waals surface area contributed by atoms with Crippen molar-refractivity contribution in [1.82, 2.24) is 10.6 Å². The summed E-state index contributed by atoms with van der Waals surface area (Å²) in [4.78, 5) is 22.8. The van der Waals surface area contributed by atoms with E-state index < -0.39 is 6.04 Å². The van der Waals surface area contributed by atoms with Crippen LogP contribution < -0.4 is 16.4 Å². The van der Waals surface area contributed by atoms with Gasteiger partial charge in [-0.1, -0.05) is 20.8 Å². The predicted molar refractivity (Wildman–Crippen MR) is 63.7 cm³/mol. The van der Waals surface area contributed by atoms with Crippen LogP contribution in [0.5, 0.6) is 0 Å². The highest BCUT2D eigenvalue weighted by atomic mass is 16.2. The summed E-state index contributed by atoms with van der Waals surface area (Å²) in [5.74, 6) is -0.398. The molecule has 16 heavy (non-hydrogen) atoms. The lowest BCUT2D eigenvalue weighted by molar-refractivity contribution is -0.127. The van der Waals surface area contributed by atoms with E-state index in [0.29, 0.717) is 0 Å². The van der Waals surface area contributed by atoms with Gasteiger partial charge in [0, 0.05) is 6.04 Å². The molecule has 5 nitrogen and oxygen atoms in total. The van der Waals surface area contributed by atoms with E-state index >= 15 is 0 Å². The van der Waals surface area contributed by atoms with Crippen molar-refractivity contribution in [3.8, 4) is 0 Å². The molecule has 4 N–H and O–H groups in total. The van der Waals surface area contributed by atoms with Crippen molar-refractivity contribution in [2.24, 2.45) is 11.7 Å². The number of hydrogen-bond acceptors (Lipinski definition) is 3. The van der Waals surface area contributed by atoms with Crippen LogP contribution in [0.25, 0.3) is 0 Å². The second-order valence-electron chi connectivity index (χ2n) is 4.36. The fraction of sp³-hybridized carbons (Fsp3) is 0.818. The van der Waals surface area contributed by atoms with Crippen molar-refractivity contribution in [3.63, 3.8) is 0 Å². The van der Waals surface area contributed by atoms with Crippen molar-refractivity contribution in [1.29, 1.82) is 0 Å². The minimum atomic E-state index is -0.559. The Bertz CT molecular complexity index is 241. The number of nitrogens with two attached hydrogens (primary N) is 1. The van der Waals surface area contributed by atoms with Crippen LogP contribution in [0.4, 0.5) is 0 Å². The number of amides is 2. The van der Waals surface area contributed by atoms with E-state index in [1.54, 1.807) is 0 Å².